The first-order valence-electron chi connectivity index (χ1n) is 6.06. The molecule has 3 N–H and O–H groups in total. The Labute approximate surface area is 111 Å². The van der Waals surface area contributed by atoms with Gasteiger partial charge in [-0.2, -0.15) is 0 Å². The lowest BCUT2D eigenvalue weighted by molar-refractivity contribution is 0.132. The zero-order valence-corrected chi connectivity index (χ0v) is 11.8. The maximum atomic E-state index is 9.96. The normalized spacial score (nSPS) is 13.9. The summed E-state index contributed by atoms with van der Waals surface area (Å²) >= 11 is 0. The number of halogens is 1. The molecule has 0 radical (unpaired) electrons. The van der Waals surface area contributed by atoms with Crippen LogP contribution in [-0.2, 0) is 0 Å². The van der Waals surface area contributed by atoms with Crippen molar-refractivity contribution < 1.29 is 5.11 Å². The number of hydrogen-bond acceptors (Lipinski definition) is 2. The lowest BCUT2D eigenvalue weighted by Gasteiger charge is -2.20. The van der Waals surface area contributed by atoms with E-state index < -0.39 is 6.10 Å². The second kappa shape index (κ2) is 7.70. The molecule has 1 rings (SSSR count). The molecule has 1 aromatic rings. The zero-order chi connectivity index (χ0) is 12.1. The molecule has 2 nitrogen and oxygen atoms in total. The molecule has 2 atom stereocenters. The fraction of sp³-hybridized carbons (Fsp3) is 0.571. The van der Waals surface area contributed by atoms with Gasteiger partial charge in [-0.05, 0) is 25.8 Å². The van der Waals surface area contributed by atoms with Crippen molar-refractivity contribution in [1.29, 1.82) is 0 Å². The Morgan fingerprint density at radius 1 is 1.18 bits per heavy atom. The van der Waals surface area contributed by atoms with Gasteiger partial charge in [-0.3, -0.25) is 0 Å². The van der Waals surface area contributed by atoms with Gasteiger partial charge in [-0.1, -0.05) is 49.1 Å². The topological polar surface area (TPSA) is 46.2 Å². The maximum absolute atomic E-state index is 9.96. The summed E-state index contributed by atoms with van der Waals surface area (Å²) in [7, 11) is 0. The van der Waals surface area contributed by atoms with Crippen molar-refractivity contribution in [2.24, 2.45) is 5.73 Å². The van der Waals surface area contributed by atoms with Crippen molar-refractivity contribution >= 4 is 12.4 Å². The minimum atomic E-state index is -0.429. The van der Waals surface area contributed by atoms with Crippen LogP contribution in [0.2, 0.25) is 0 Å². The largest absolute Gasteiger partial charge is 0.391 e. The molecule has 0 saturated carbocycles. The summed E-state index contributed by atoms with van der Waals surface area (Å²) in [4.78, 5) is 0. The lowest BCUT2D eigenvalue weighted by atomic mass is 9.95. The zero-order valence-electron chi connectivity index (χ0n) is 10.9. The molecule has 1 aromatic carbocycles. The van der Waals surface area contributed by atoms with Crippen LogP contribution in [0.25, 0.3) is 0 Å². The molecule has 0 bridgehead atoms. The van der Waals surface area contributed by atoms with Crippen LogP contribution in [0, 0.1) is 13.8 Å². The summed E-state index contributed by atoms with van der Waals surface area (Å²) in [6.45, 7) is 6.23. The van der Waals surface area contributed by atoms with E-state index >= 15 is 0 Å². The molecule has 0 aliphatic carbocycles. The van der Waals surface area contributed by atoms with E-state index in [-0.39, 0.29) is 18.4 Å². The quantitative estimate of drug-likeness (QED) is 0.850. The molecular weight excluding hydrogens is 234 g/mol. The van der Waals surface area contributed by atoms with Gasteiger partial charge in [0.15, 0.2) is 0 Å². The van der Waals surface area contributed by atoms with Crippen molar-refractivity contribution in [3.8, 4) is 0 Å². The monoisotopic (exact) mass is 257 g/mol. The van der Waals surface area contributed by atoms with E-state index in [2.05, 4.69) is 39.0 Å². The number of nitrogens with two attached hydrogens (primary N) is 1. The van der Waals surface area contributed by atoms with Gasteiger partial charge in [-0.25, -0.2) is 0 Å². The van der Waals surface area contributed by atoms with Gasteiger partial charge in [0.1, 0.15) is 0 Å². The highest BCUT2D eigenvalue weighted by molar-refractivity contribution is 5.85. The minimum Gasteiger partial charge on any atom is -0.391 e. The number of rotatable bonds is 5. The third-order valence-electron chi connectivity index (χ3n) is 2.90. The van der Waals surface area contributed by atoms with Crippen molar-refractivity contribution in [3.05, 3.63) is 34.9 Å². The molecule has 0 spiro atoms. The number of aliphatic hydroxyl groups excluding tert-OH is 1. The minimum absolute atomic E-state index is 0. The van der Waals surface area contributed by atoms with E-state index in [0.29, 0.717) is 0 Å². The van der Waals surface area contributed by atoms with E-state index in [1.807, 2.05) is 0 Å². The summed E-state index contributed by atoms with van der Waals surface area (Å²) in [5.41, 5.74) is 9.51. The standard InChI is InChI=1S/C14H23NO.ClH/c1-4-5-6-13(16)14(15)12-8-10(2)7-11(3)9-12;/h7-9,13-14,16H,4-6,15H2,1-3H3;1H/t13-,14+;/m0./s1. The lowest BCUT2D eigenvalue weighted by Crippen LogP contribution is -2.26. The second-order valence-corrected chi connectivity index (χ2v) is 4.66. The van der Waals surface area contributed by atoms with Crippen LogP contribution in [0.15, 0.2) is 18.2 Å². The first-order chi connectivity index (χ1) is 7.54. The number of aliphatic hydroxyl groups is 1. The Balaban J connectivity index is 0.00000256. The third-order valence-corrected chi connectivity index (χ3v) is 2.90. The van der Waals surface area contributed by atoms with Crippen LogP contribution in [0.3, 0.4) is 0 Å². The molecule has 0 aromatic heterocycles. The Morgan fingerprint density at radius 3 is 2.18 bits per heavy atom. The highest BCUT2D eigenvalue weighted by Gasteiger charge is 2.16. The Bertz CT molecular complexity index is 321. The second-order valence-electron chi connectivity index (χ2n) is 4.66. The molecule has 0 fully saturated rings. The van der Waals surface area contributed by atoms with E-state index in [0.717, 1.165) is 24.8 Å². The van der Waals surface area contributed by atoms with Crippen molar-refractivity contribution in [2.45, 2.75) is 52.2 Å². The van der Waals surface area contributed by atoms with Crippen LogP contribution in [0.5, 0.6) is 0 Å². The highest BCUT2D eigenvalue weighted by atomic mass is 35.5. The molecule has 0 heterocycles. The highest BCUT2D eigenvalue weighted by Crippen LogP contribution is 2.20. The van der Waals surface area contributed by atoms with Gasteiger partial charge in [0.2, 0.25) is 0 Å². The number of hydrogen-bond donors (Lipinski definition) is 2. The predicted octanol–water partition coefficient (Wildman–Crippen LogP) is 3.28. The third kappa shape index (κ3) is 5.07. The first kappa shape index (κ1) is 16.4. The first-order valence-corrected chi connectivity index (χ1v) is 6.06. The van der Waals surface area contributed by atoms with Crippen LogP contribution < -0.4 is 5.73 Å². The van der Waals surface area contributed by atoms with Gasteiger partial charge < -0.3 is 10.8 Å². The van der Waals surface area contributed by atoms with Crippen LogP contribution >= 0.6 is 12.4 Å². The van der Waals surface area contributed by atoms with E-state index in [1.165, 1.54) is 11.1 Å². The van der Waals surface area contributed by atoms with Crippen molar-refractivity contribution in [2.75, 3.05) is 0 Å². The number of unbranched alkanes of at least 4 members (excludes halogenated alkanes) is 1. The fourth-order valence-corrected chi connectivity index (χ4v) is 2.02. The van der Waals surface area contributed by atoms with Crippen LogP contribution in [0.1, 0.15) is 48.9 Å². The van der Waals surface area contributed by atoms with Crippen molar-refractivity contribution in [1.82, 2.24) is 0 Å². The fourth-order valence-electron chi connectivity index (χ4n) is 2.02. The van der Waals surface area contributed by atoms with E-state index in [9.17, 15) is 5.11 Å². The molecule has 3 heteroatoms. The Morgan fingerprint density at radius 2 is 1.71 bits per heavy atom. The summed E-state index contributed by atoms with van der Waals surface area (Å²) < 4.78 is 0. The van der Waals surface area contributed by atoms with E-state index in [4.69, 9.17) is 5.73 Å². The summed E-state index contributed by atoms with van der Waals surface area (Å²) in [6, 6.07) is 5.99. The van der Waals surface area contributed by atoms with Crippen LogP contribution in [0.4, 0.5) is 0 Å². The molecule has 0 unspecified atom stereocenters. The SMILES string of the molecule is CCCC[C@H](O)[C@H](N)c1cc(C)cc(C)c1.Cl. The maximum Gasteiger partial charge on any atom is 0.0732 e. The summed E-state index contributed by atoms with van der Waals surface area (Å²) in [5, 5.41) is 9.96. The van der Waals surface area contributed by atoms with Crippen molar-refractivity contribution in [3.63, 3.8) is 0 Å². The smallest absolute Gasteiger partial charge is 0.0732 e. The molecule has 0 aliphatic heterocycles. The molecular formula is C14H24ClNO. The average Bonchev–Trinajstić information content (AvgIpc) is 2.23. The van der Waals surface area contributed by atoms with Gasteiger partial charge >= 0.3 is 0 Å². The molecule has 98 valence electrons. The molecule has 17 heavy (non-hydrogen) atoms. The van der Waals surface area contributed by atoms with Gasteiger partial charge in [0.05, 0.1) is 12.1 Å². The molecule has 0 amide bonds. The summed E-state index contributed by atoms with van der Waals surface area (Å²) in [6.07, 6.45) is 2.47. The van der Waals surface area contributed by atoms with E-state index in [1.54, 1.807) is 0 Å². The number of aryl methyl sites for hydroxylation is 2. The Kier molecular flexibility index (Phi) is 7.44. The average molecular weight is 258 g/mol. The van der Waals surface area contributed by atoms with Gasteiger partial charge in [-0.15, -0.1) is 12.4 Å². The molecule has 0 aliphatic rings. The van der Waals surface area contributed by atoms with Crippen LogP contribution in [-0.4, -0.2) is 11.2 Å². The van der Waals surface area contributed by atoms with Gasteiger partial charge in [0, 0.05) is 0 Å². The molecule has 0 saturated heterocycles. The predicted molar refractivity (Wildman–Crippen MR) is 75.6 cm³/mol. The summed E-state index contributed by atoms with van der Waals surface area (Å²) in [5.74, 6) is 0. The Hall–Kier alpha value is -0.570. The number of benzene rings is 1. The van der Waals surface area contributed by atoms with Gasteiger partial charge in [0.25, 0.3) is 0 Å².